The van der Waals surface area contributed by atoms with Gasteiger partial charge in [0, 0.05) is 13.1 Å². The largest absolute Gasteiger partial charge is 0.393 e. The molecule has 1 heterocycles. The Labute approximate surface area is 122 Å². The molecule has 0 amide bonds. The van der Waals surface area contributed by atoms with Crippen molar-refractivity contribution in [2.45, 2.75) is 45.8 Å². The van der Waals surface area contributed by atoms with Crippen molar-refractivity contribution in [3.8, 4) is 0 Å². The van der Waals surface area contributed by atoms with E-state index in [1.807, 2.05) is 0 Å². The van der Waals surface area contributed by atoms with Gasteiger partial charge in [0.2, 0.25) is 0 Å². The molecule has 0 unspecified atom stereocenters. The monoisotopic (exact) mass is 273 g/mol. The standard InChI is InChI=1S/C18H27NO/c1-14-16-9-11-19(12-15-6-4-3-5-7-15)13-18(16,2)10-8-17(14)20/h3-7,14,16-17,20H,8-13H2,1-2H3/t14-,16-,17+,18+/m0/s1. The number of aliphatic hydroxyl groups excluding tert-OH is 1. The van der Waals surface area contributed by atoms with E-state index in [0.29, 0.717) is 17.3 Å². The van der Waals surface area contributed by atoms with Gasteiger partial charge >= 0.3 is 0 Å². The Morgan fingerprint density at radius 3 is 2.75 bits per heavy atom. The van der Waals surface area contributed by atoms with E-state index < -0.39 is 0 Å². The molecule has 2 heteroatoms. The maximum atomic E-state index is 10.1. The minimum atomic E-state index is -0.0752. The molecule has 1 saturated carbocycles. The minimum absolute atomic E-state index is 0.0752. The molecular weight excluding hydrogens is 246 g/mol. The van der Waals surface area contributed by atoms with Gasteiger partial charge in [0.05, 0.1) is 6.10 Å². The van der Waals surface area contributed by atoms with Crippen molar-refractivity contribution in [3.63, 3.8) is 0 Å². The fraction of sp³-hybridized carbons (Fsp3) is 0.667. The lowest BCUT2D eigenvalue weighted by Gasteiger charge is -2.53. The number of piperidine rings is 1. The highest BCUT2D eigenvalue weighted by Gasteiger charge is 2.46. The zero-order valence-corrected chi connectivity index (χ0v) is 12.8. The van der Waals surface area contributed by atoms with Gasteiger partial charge in [-0.3, -0.25) is 4.90 Å². The fourth-order valence-electron chi connectivity index (χ4n) is 4.52. The van der Waals surface area contributed by atoms with Crippen LogP contribution in [-0.2, 0) is 6.54 Å². The molecule has 0 bridgehead atoms. The van der Waals surface area contributed by atoms with Crippen LogP contribution in [0.1, 0.15) is 38.7 Å². The zero-order valence-electron chi connectivity index (χ0n) is 12.8. The van der Waals surface area contributed by atoms with E-state index >= 15 is 0 Å². The van der Waals surface area contributed by atoms with Gasteiger partial charge in [0.15, 0.2) is 0 Å². The van der Waals surface area contributed by atoms with E-state index in [1.165, 1.54) is 31.5 Å². The van der Waals surface area contributed by atoms with Crippen LogP contribution in [0.15, 0.2) is 30.3 Å². The Kier molecular flexibility index (Phi) is 3.87. The number of hydrogen-bond acceptors (Lipinski definition) is 2. The van der Waals surface area contributed by atoms with Crippen LogP contribution in [0.25, 0.3) is 0 Å². The molecule has 1 aromatic carbocycles. The SMILES string of the molecule is C[C@@H]1[C@H](O)CC[C@]2(C)CN(Cc3ccccc3)CC[C@@H]12. The summed E-state index contributed by atoms with van der Waals surface area (Å²) in [4.78, 5) is 2.61. The van der Waals surface area contributed by atoms with Crippen molar-refractivity contribution >= 4 is 0 Å². The molecule has 0 aromatic heterocycles. The Bertz CT molecular complexity index is 446. The first-order valence-electron chi connectivity index (χ1n) is 8.03. The number of fused-ring (bicyclic) bond motifs is 1. The molecule has 0 radical (unpaired) electrons. The predicted octanol–water partition coefficient (Wildman–Crippen LogP) is 3.31. The van der Waals surface area contributed by atoms with E-state index in [1.54, 1.807) is 0 Å². The molecule has 1 aliphatic heterocycles. The van der Waals surface area contributed by atoms with Gasteiger partial charge < -0.3 is 5.11 Å². The molecule has 2 aliphatic rings. The Balaban J connectivity index is 1.68. The van der Waals surface area contributed by atoms with Crippen molar-refractivity contribution in [2.75, 3.05) is 13.1 Å². The van der Waals surface area contributed by atoms with Crippen molar-refractivity contribution in [1.82, 2.24) is 4.90 Å². The van der Waals surface area contributed by atoms with Crippen molar-refractivity contribution < 1.29 is 5.11 Å². The molecule has 3 rings (SSSR count). The third-order valence-electron chi connectivity index (χ3n) is 5.74. The molecular formula is C18H27NO. The molecule has 2 fully saturated rings. The van der Waals surface area contributed by atoms with Crippen LogP contribution in [-0.4, -0.2) is 29.2 Å². The fourth-order valence-corrected chi connectivity index (χ4v) is 4.52. The van der Waals surface area contributed by atoms with Crippen LogP contribution in [0.3, 0.4) is 0 Å². The third kappa shape index (κ3) is 2.64. The van der Waals surface area contributed by atoms with Gasteiger partial charge in [-0.2, -0.15) is 0 Å². The van der Waals surface area contributed by atoms with Gasteiger partial charge in [-0.15, -0.1) is 0 Å². The third-order valence-corrected chi connectivity index (χ3v) is 5.74. The number of likely N-dealkylation sites (tertiary alicyclic amines) is 1. The van der Waals surface area contributed by atoms with Crippen LogP contribution in [0, 0.1) is 17.3 Å². The molecule has 0 spiro atoms. The van der Waals surface area contributed by atoms with E-state index in [-0.39, 0.29) is 6.10 Å². The summed E-state index contributed by atoms with van der Waals surface area (Å²) in [6, 6.07) is 10.8. The molecule has 1 saturated heterocycles. The minimum Gasteiger partial charge on any atom is -0.393 e. The van der Waals surface area contributed by atoms with Gasteiger partial charge in [-0.05, 0) is 48.6 Å². The molecule has 20 heavy (non-hydrogen) atoms. The molecule has 2 nitrogen and oxygen atoms in total. The van der Waals surface area contributed by atoms with Crippen molar-refractivity contribution in [3.05, 3.63) is 35.9 Å². The van der Waals surface area contributed by atoms with E-state index in [4.69, 9.17) is 0 Å². The highest BCUT2D eigenvalue weighted by atomic mass is 16.3. The van der Waals surface area contributed by atoms with Crippen LogP contribution in [0.2, 0.25) is 0 Å². The lowest BCUT2D eigenvalue weighted by molar-refractivity contribution is -0.0784. The summed E-state index contributed by atoms with van der Waals surface area (Å²) in [6.45, 7) is 8.12. The number of benzene rings is 1. The quantitative estimate of drug-likeness (QED) is 0.893. The average Bonchev–Trinajstić information content (AvgIpc) is 2.44. The summed E-state index contributed by atoms with van der Waals surface area (Å²) in [7, 11) is 0. The first-order valence-corrected chi connectivity index (χ1v) is 8.03. The number of rotatable bonds is 2. The van der Waals surface area contributed by atoms with Gasteiger partial charge in [0.25, 0.3) is 0 Å². The van der Waals surface area contributed by atoms with Gasteiger partial charge in [-0.25, -0.2) is 0 Å². The van der Waals surface area contributed by atoms with Crippen LogP contribution >= 0.6 is 0 Å². The lowest BCUT2D eigenvalue weighted by atomic mass is 9.59. The summed E-state index contributed by atoms with van der Waals surface area (Å²) >= 11 is 0. The second-order valence-corrected chi connectivity index (χ2v) is 7.21. The maximum absolute atomic E-state index is 10.1. The lowest BCUT2D eigenvalue weighted by Crippen LogP contribution is -2.53. The first-order chi connectivity index (χ1) is 9.58. The van der Waals surface area contributed by atoms with E-state index in [9.17, 15) is 5.11 Å². The summed E-state index contributed by atoms with van der Waals surface area (Å²) in [5.41, 5.74) is 1.81. The second-order valence-electron chi connectivity index (χ2n) is 7.21. The molecule has 4 atom stereocenters. The maximum Gasteiger partial charge on any atom is 0.0568 e. The number of hydrogen-bond donors (Lipinski definition) is 1. The normalized spacial score (nSPS) is 38.5. The van der Waals surface area contributed by atoms with E-state index in [2.05, 4.69) is 49.1 Å². The highest BCUT2D eigenvalue weighted by molar-refractivity contribution is 5.14. The van der Waals surface area contributed by atoms with Crippen molar-refractivity contribution in [1.29, 1.82) is 0 Å². The summed E-state index contributed by atoms with van der Waals surface area (Å²) in [6.07, 6.45) is 3.32. The number of aliphatic hydroxyl groups is 1. The number of nitrogens with zero attached hydrogens (tertiary/aromatic N) is 1. The predicted molar refractivity (Wildman–Crippen MR) is 82.3 cm³/mol. The van der Waals surface area contributed by atoms with E-state index in [0.717, 1.165) is 13.0 Å². The molecule has 1 N–H and O–H groups in total. The Hall–Kier alpha value is -0.860. The topological polar surface area (TPSA) is 23.5 Å². The van der Waals surface area contributed by atoms with Crippen LogP contribution in [0.5, 0.6) is 0 Å². The van der Waals surface area contributed by atoms with Gasteiger partial charge in [-0.1, -0.05) is 44.2 Å². The second kappa shape index (κ2) is 5.50. The molecule has 110 valence electrons. The molecule has 1 aromatic rings. The zero-order chi connectivity index (χ0) is 14.2. The van der Waals surface area contributed by atoms with Crippen LogP contribution < -0.4 is 0 Å². The summed E-state index contributed by atoms with van der Waals surface area (Å²) in [5, 5.41) is 10.1. The summed E-state index contributed by atoms with van der Waals surface area (Å²) in [5.74, 6) is 1.16. The average molecular weight is 273 g/mol. The molecule has 1 aliphatic carbocycles. The smallest absolute Gasteiger partial charge is 0.0568 e. The van der Waals surface area contributed by atoms with Crippen LogP contribution in [0.4, 0.5) is 0 Å². The Morgan fingerprint density at radius 2 is 2.00 bits per heavy atom. The Morgan fingerprint density at radius 1 is 1.25 bits per heavy atom. The van der Waals surface area contributed by atoms with Gasteiger partial charge in [0.1, 0.15) is 0 Å². The van der Waals surface area contributed by atoms with Crippen molar-refractivity contribution in [2.24, 2.45) is 17.3 Å². The first kappa shape index (κ1) is 14.1. The highest BCUT2D eigenvalue weighted by Crippen LogP contribution is 2.48. The summed E-state index contributed by atoms with van der Waals surface area (Å²) < 4.78 is 0.